The van der Waals surface area contributed by atoms with Crippen molar-refractivity contribution >= 4 is 29.9 Å². The first-order valence-corrected chi connectivity index (χ1v) is 9.07. The van der Waals surface area contributed by atoms with Crippen LogP contribution in [0.25, 0.3) is 0 Å². The van der Waals surface area contributed by atoms with Crippen molar-refractivity contribution in [2.45, 2.75) is 38.3 Å². The zero-order valence-corrected chi connectivity index (χ0v) is 17.8. The molecule has 0 aromatic heterocycles. The van der Waals surface area contributed by atoms with Crippen LogP contribution in [0.15, 0.2) is 29.3 Å². The van der Waals surface area contributed by atoms with Crippen LogP contribution in [0.4, 0.5) is 0 Å². The monoisotopic (exact) mass is 458 g/mol. The highest BCUT2D eigenvalue weighted by molar-refractivity contribution is 14.0. The third-order valence-electron chi connectivity index (χ3n) is 5.20. The third kappa shape index (κ3) is 5.23. The summed E-state index contributed by atoms with van der Waals surface area (Å²) in [7, 11) is 3.60. The van der Waals surface area contributed by atoms with E-state index in [0.29, 0.717) is 12.1 Å². The van der Waals surface area contributed by atoms with Crippen LogP contribution in [0.1, 0.15) is 37.8 Å². The summed E-state index contributed by atoms with van der Waals surface area (Å²) < 4.78 is 5.61. The molecule has 5 nitrogen and oxygen atoms in total. The summed E-state index contributed by atoms with van der Waals surface area (Å²) in [5.41, 5.74) is 1.25. The first kappa shape index (κ1) is 20.3. The Kier molecular flexibility index (Phi) is 7.81. The van der Waals surface area contributed by atoms with Crippen LogP contribution in [-0.4, -0.2) is 50.7 Å². The Balaban J connectivity index is 0.00000225. The number of ether oxygens (including phenoxy) is 1. The fourth-order valence-corrected chi connectivity index (χ4v) is 3.52. The lowest BCUT2D eigenvalue weighted by atomic mass is 10.0. The van der Waals surface area contributed by atoms with Crippen molar-refractivity contribution in [2.24, 2.45) is 10.9 Å². The summed E-state index contributed by atoms with van der Waals surface area (Å²) in [6.07, 6.45) is 3.79. The van der Waals surface area contributed by atoms with Gasteiger partial charge in [-0.2, -0.15) is 0 Å². The van der Waals surface area contributed by atoms with Crippen molar-refractivity contribution < 1.29 is 4.74 Å². The molecule has 3 rings (SSSR count). The molecule has 1 aliphatic carbocycles. The lowest BCUT2D eigenvalue weighted by molar-refractivity contribution is 0.239. The Morgan fingerprint density at radius 3 is 2.60 bits per heavy atom. The van der Waals surface area contributed by atoms with Crippen molar-refractivity contribution in [1.29, 1.82) is 0 Å². The summed E-state index contributed by atoms with van der Waals surface area (Å²) in [5.74, 6) is 2.63. The molecule has 3 atom stereocenters. The molecule has 0 amide bonds. The van der Waals surface area contributed by atoms with E-state index in [9.17, 15) is 0 Å². The molecular weight excluding hydrogens is 427 g/mol. The molecule has 0 spiro atoms. The van der Waals surface area contributed by atoms with Crippen LogP contribution < -0.4 is 15.4 Å². The predicted molar refractivity (Wildman–Crippen MR) is 114 cm³/mol. The van der Waals surface area contributed by atoms with Crippen molar-refractivity contribution in [3.05, 3.63) is 29.8 Å². The molecule has 1 aromatic rings. The van der Waals surface area contributed by atoms with E-state index in [-0.39, 0.29) is 24.0 Å². The molecule has 1 heterocycles. The van der Waals surface area contributed by atoms with Gasteiger partial charge < -0.3 is 15.4 Å². The molecule has 6 heteroatoms. The number of benzene rings is 1. The summed E-state index contributed by atoms with van der Waals surface area (Å²) >= 11 is 0. The highest BCUT2D eigenvalue weighted by Crippen LogP contribution is 2.31. The molecular formula is C19H31IN4O. The second-order valence-corrected chi connectivity index (χ2v) is 6.92. The van der Waals surface area contributed by atoms with Crippen LogP contribution in [0.2, 0.25) is 0 Å². The number of guanidine groups is 1. The lowest BCUT2D eigenvalue weighted by Gasteiger charge is -2.30. The van der Waals surface area contributed by atoms with Crippen molar-refractivity contribution in [3.8, 4) is 5.75 Å². The first-order chi connectivity index (χ1) is 11.7. The zero-order chi connectivity index (χ0) is 16.9. The second-order valence-electron chi connectivity index (χ2n) is 6.92. The Morgan fingerprint density at radius 2 is 2.00 bits per heavy atom. The van der Waals surface area contributed by atoms with Gasteiger partial charge in [0.2, 0.25) is 0 Å². The van der Waals surface area contributed by atoms with Crippen LogP contribution >= 0.6 is 24.0 Å². The Morgan fingerprint density at radius 1 is 1.32 bits per heavy atom. The maximum Gasteiger partial charge on any atom is 0.191 e. The number of aliphatic imine (C=N–C) groups is 1. The predicted octanol–water partition coefficient (Wildman–Crippen LogP) is 3.02. The van der Waals surface area contributed by atoms with Crippen LogP contribution in [0.3, 0.4) is 0 Å². The number of nitrogens with one attached hydrogen (secondary N) is 2. The van der Waals surface area contributed by atoms with E-state index in [4.69, 9.17) is 4.74 Å². The summed E-state index contributed by atoms with van der Waals surface area (Å²) in [6.45, 7) is 5.40. The third-order valence-corrected chi connectivity index (χ3v) is 5.20. The van der Waals surface area contributed by atoms with Gasteiger partial charge in [-0.15, -0.1) is 24.0 Å². The molecule has 0 radical (unpaired) electrons. The Bertz CT molecular complexity index is 574. The second kappa shape index (κ2) is 9.62. The molecule has 3 unspecified atom stereocenters. The van der Waals surface area contributed by atoms with E-state index in [1.165, 1.54) is 24.8 Å². The smallest absolute Gasteiger partial charge is 0.191 e. The average Bonchev–Trinajstić information content (AvgIpc) is 3.07. The van der Waals surface area contributed by atoms with Gasteiger partial charge in [-0.05, 0) is 44.3 Å². The molecule has 25 heavy (non-hydrogen) atoms. The SMILES string of the molecule is CN=C(NCC(c1ccccc1OC)N1CCCC1)NC1CC1C.I. The molecule has 2 aliphatic rings. The Labute approximate surface area is 168 Å². The highest BCUT2D eigenvalue weighted by Gasteiger charge is 2.33. The summed E-state index contributed by atoms with van der Waals surface area (Å²) in [5, 5.41) is 7.04. The van der Waals surface area contributed by atoms with E-state index in [1.54, 1.807) is 7.11 Å². The largest absolute Gasteiger partial charge is 0.496 e. The van der Waals surface area contributed by atoms with Crippen molar-refractivity contribution in [1.82, 2.24) is 15.5 Å². The number of para-hydroxylation sites is 1. The number of rotatable bonds is 6. The fraction of sp³-hybridized carbons (Fsp3) is 0.632. The summed E-state index contributed by atoms with van der Waals surface area (Å²) in [4.78, 5) is 6.94. The number of hydrogen-bond acceptors (Lipinski definition) is 3. The maximum atomic E-state index is 5.61. The standard InChI is InChI=1S/C19H30N4O.HI/c1-14-12-16(14)22-19(20-2)21-13-17(23-10-6-7-11-23)15-8-4-5-9-18(15)24-3;/h4-5,8-9,14,16-17H,6-7,10-13H2,1-3H3,(H2,20,21,22);1H. The normalized spacial score (nSPS) is 24.4. The number of hydrogen-bond donors (Lipinski definition) is 2. The van der Waals surface area contributed by atoms with E-state index in [0.717, 1.165) is 37.3 Å². The molecule has 1 saturated heterocycles. The number of halogens is 1. The molecule has 2 fully saturated rings. The van der Waals surface area contributed by atoms with Gasteiger partial charge in [-0.1, -0.05) is 25.1 Å². The van der Waals surface area contributed by atoms with E-state index in [1.807, 2.05) is 13.1 Å². The van der Waals surface area contributed by atoms with Gasteiger partial charge in [-0.3, -0.25) is 9.89 Å². The molecule has 2 N–H and O–H groups in total. The highest BCUT2D eigenvalue weighted by atomic mass is 127. The molecule has 0 bridgehead atoms. The zero-order valence-electron chi connectivity index (χ0n) is 15.5. The van der Waals surface area contributed by atoms with E-state index < -0.39 is 0 Å². The fourth-order valence-electron chi connectivity index (χ4n) is 3.52. The van der Waals surface area contributed by atoms with Gasteiger partial charge in [0, 0.05) is 25.2 Å². The van der Waals surface area contributed by atoms with Gasteiger partial charge >= 0.3 is 0 Å². The van der Waals surface area contributed by atoms with Crippen LogP contribution in [0.5, 0.6) is 5.75 Å². The minimum absolute atomic E-state index is 0. The van der Waals surface area contributed by atoms with Gasteiger partial charge in [0.25, 0.3) is 0 Å². The molecule has 140 valence electrons. The minimum atomic E-state index is 0. The van der Waals surface area contributed by atoms with E-state index >= 15 is 0 Å². The lowest BCUT2D eigenvalue weighted by Crippen LogP contribution is -2.43. The van der Waals surface area contributed by atoms with Gasteiger partial charge in [0.05, 0.1) is 13.2 Å². The number of likely N-dealkylation sites (tertiary alicyclic amines) is 1. The van der Waals surface area contributed by atoms with Crippen molar-refractivity contribution in [2.75, 3.05) is 33.8 Å². The molecule has 1 aliphatic heterocycles. The van der Waals surface area contributed by atoms with Crippen LogP contribution in [-0.2, 0) is 0 Å². The van der Waals surface area contributed by atoms with Crippen molar-refractivity contribution in [3.63, 3.8) is 0 Å². The molecule has 1 saturated carbocycles. The minimum Gasteiger partial charge on any atom is -0.496 e. The maximum absolute atomic E-state index is 5.61. The quantitative estimate of drug-likeness (QED) is 0.391. The number of methoxy groups -OCH3 is 1. The number of nitrogens with zero attached hydrogens (tertiary/aromatic N) is 2. The summed E-state index contributed by atoms with van der Waals surface area (Å²) in [6, 6.07) is 9.25. The van der Waals surface area contributed by atoms with Gasteiger partial charge in [0.1, 0.15) is 5.75 Å². The van der Waals surface area contributed by atoms with Gasteiger partial charge in [-0.25, -0.2) is 0 Å². The first-order valence-electron chi connectivity index (χ1n) is 9.07. The topological polar surface area (TPSA) is 48.9 Å². The van der Waals surface area contributed by atoms with E-state index in [2.05, 4.69) is 45.6 Å². The molecule has 1 aromatic carbocycles. The average molecular weight is 458 g/mol. The Hall–Kier alpha value is -1.02. The van der Waals surface area contributed by atoms with Crippen LogP contribution in [0, 0.1) is 5.92 Å². The van der Waals surface area contributed by atoms with Gasteiger partial charge in [0.15, 0.2) is 5.96 Å².